The Hall–Kier alpha value is -1.37. The molecular weight excluding hydrogens is 296 g/mol. The first kappa shape index (κ1) is 15.2. The average Bonchev–Trinajstić information content (AvgIpc) is 3.25. The Kier molecular flexibility index (Phi) is 4.37. The molecule has 4 heterocycles. The van der Waals surface area contributed by atoms with Crippen molar-refractivity contribution in [3.63, 3.8) is 0 Å². The van der Waals surface area contributed by atoms with Gasteiger partial charge in [0.15, 0.2) is 0 Å². The van der Waals surface area contributed by atoms with Crippen LogP contribution in [0.5, 0.6) is 0 Å². The van der Waals surface area contributed by atoms with Crippen molar-refractivity contribution in [3.8, 4) is 0 Å². The van der Waals surface area contributed by atoms with E-state index in [2.05, 4.69) is 4.90 Å². The summed E-state index contributed by atoms with van der Waals surface area (Å²) in [6.45, 7) is 4.17. The second-order valence-corrected chi connectivity index (χ2v) is 6.81. The maximum atomic E-state index is 12.2. The molecule has 0 bridgehead atoms. The van der Waals surface area contributed by atoms with Gasteiger partial charge in [-0.25, -0.2) is 5.06 Å². The van der Waals surface area contributed by atoms with Gasteiger partial charge in [0, 0.05) is 25.6 Å². The number of rotatable bonds is 4. The second kappa shape index (κ2) is 6.63. The predicted octanol–water partition coefficient (Wildman–Crippen LogP) is 1.81. The lowest BCUT2D eigenvalue weighted by Crippen LogP contribution is -2.37. The Morgan fingerprint density at radius 2 is 2.26 bits per heavy atom. The highest BCUT2D eigenvalue weighted by molar-refractivity contribution is 5.75. The van der Waals surface area contributed by atoms with Crippen molar-refractivity contribution in [1.82, 2.24) is 9.96 Å². The average molecular weight is 320 g/mol. The minimum Gasteiger partial charge on any atom is -0.468 e. The standard InChI is InChI=1S/C17H24N2O4/c20-17(19-5-1-2-7-22-19)9-15-8-13-10-18(12-16(13)23-15)11-14-4-3-6-21-14/h3-4,6,13,15-16H,1-2,5,7-12H2/t13-,15+,16+/m1/s1. The third kappa shape index (κ3) is 3.44. The number of carbonyl (C=O) groups is 1. The van der Waals surface area contributed by atoms with Crippen LogP contribution in [0.3, 0.4) is 0 Å². The summed E-state index contributed by atoms with van der Waals surface area (Å²) in [5.74, 6) is 1.60. The van der Waals surface area contributed by atoms with Gasteiger partial charge in [-0.2, -0.15) is 0 Å². The third-order valence-electron chi connectivity index (χ3n) is 5.03. The molecule has 3 fully saturated rings. The molecule has 3 atom stereocenters. The van der Waals surface area contributed by atoms with E-state index in [1.54, 1.807) is 6.26 Å². The molecule has 0 saturated carbocycles. The first-order chi connectivity index (χ1) is 11.3. The number of amides is 1. The van der Waals surface area contributed by atoms with Crippen molar-refractivity contribution in [1.29, 1.82) is 0 Å². The number of hydroxylamine groups is 2. The molecule has 0 aromatic carbocycles. The summed E-state index contributed by atoms with van der Waals surface area (Å²) in [7, 11) is 0. The molecule has 0 spiro atoms. The molecule has 1 amide bonds. The quantitative estimate of drug-likeness (QED) is 0.847. The van der Waals surface area contributed by atoms with Crippen LogP contribution in [0, 0.1) is 5.92 Å². The first-order valence-corrected chi connectivity index (χ1v) is 8.61. The normalized spacial score (nSPS) is 31.5. The Morgan fingerprint density at radius 3 is 3.00 bits per heavy atom. The number of fused-ring (bicyclic) bond motifs is 1. The van der Waals surface area contributed by atoms with E-state index in [9.17, 15) is 4.79 Å². The van der Waals surface area contributed by atoms with Crippen molar-refractivity contribution >= 4 is 5.91 Å². The molecule has 0 N–H and O–H groups in total. The summed E-state index contributed by atoms with van der Waals surface area (Å²) in [5, 5.41) is 1.53. The Balaban J connectivity index is 1.24. The zero-order chi connectivity index (χ0) is 15.6. The summed E-state index contributed by atoms with van der Waals surface area (Å²) in [4.78, 5) is 20.1. The number of carbonyl (C=O) groups excluding carboxylic acids is 1. The topological polar surface area (TPSA) is 55.2 Å². The van der Waals surface area contributed by atoms with Crippen molar-refractivity contribution in [2.75, 3.05) is 26.2 Å². The second-order valence-electron chi connectivity index (χ2n) is 6.81. The van der Waals surface area contributed by atoms with Gasteiger partial charge in [0.05, 0.1) is 38.0 Å². The van der Waals surface area contributed by atoms with E-state index >= 15 is 0 Å². The van der Waals surface area contributed by atoms with E-state index in [1.165, 1.54) is 5.06 Å². The zero-order valence-corrected chi connectivity index (χ0v) is 13.4. The SMILES string of the molecule is O=C(C[C@@H]1C[C@@H]2CN(Cc3ccco3)C[C@@H]2O1)N1CCCCO1. The molecule has 1 aromatic heterocycles. The van der Waals surface area contributed by atoms with Crippen LogP contribution in [0.25, 0.3) is 0 Å². The number of nitrogens with zero attached hydrogens (tertiary/aromatic N) is 2. The molecule has 3 aliphatic heterocycles. The predicted molar refractivity (Wildman–Crippen MR) is 82.3 cm³/mol. The van der Waals surface area contributed by atoms with Crippen molar-refractivity contribution < 1.29 is 18.8 Å². The Bertz CT molecular complexity index is 513. The molecule has 0 aliphatic carbocycles. The van der Waals surface area contributed by atoms with E-state index in [1.807, 2.05) is 12.1 Å². The lowest BCUT2D eigenvalue weighted by Gasteiger charge is -2.27. The van der Waals surface area contributed by atoms with Crippen LogP contribution in [0.15, 0.2) is 22.8 Å². The summed E-state index contributed by atoms with van der Waals surface area (Å²) < 4.78 is 11.5. The van der Waals surface area contributed by atoms with Crippen LogP contribution in [-0.2, 0) is 20.9 Å². The maximum Gasteiger partial charge on any atom is 0.248 e. The van der Waals surface area contributed by atoms with Crippen LogP contribution in [0.2, 0.25) is 0 Å². The molecule has 3 saturated heterocycles. The van der Waals surface area contributed by atoms with E-state index in [0.717, 1.165) is 51.2 Å². The van der Waals surface area contributed by atoms with Crippen LogP contribution in [0.4, 0.5) is 0 Å². The molecule has 126 valence electrons. The Labute approximate surface area is 136 Å². The summed E-state index contributed by atoms with van der Waals surface area (Å²) >= 11 is 0. The van der Waals surface area contributed by atoms with Gasteiger partial charge < -0.3 is 9.15 Å². The van der Waals surface area contributed by atoms with E-state index in [4.69, 9.17) is 14.0 Å². The van der Waals surface area contributed by atoms with Crippen molar-refractivity contribution in [3.05, 3.63) is 24.2 Å². The van der Waals surface area contributed by atoms with Gasteiger partial charge in [-0.15, -0.1) is 0 Å². The summed E-state index contributed by atoms with van der Waals surface area (Å²) in [6.07, 6.45) is 5.51. The van der Waals surface area contributed by atoms with Crippen LogP contribution in [-0.4, -0.2) is 54.3 Å². The lowest BCUT2D eigenvalue weighted by atomic mass is 10.0. The molecule has 6 nitrogen and oxygen atoms in total. The minimum atomic E-state index is 0.0498. The monoisotopic (exact) mass is 320 g/mol. The number of hydrogen-bond donors (Lipinski definition) is 0. The fourth-order valence-corrected chi connectivity index (χ4v) is 3.92. The lowest BCUT2D eigenvalue weighted by molar-refractivity contribution is -0.199. The van der Waals surface area contributed by atoms with Crippen LogP contribution in [0.1, 0.15) is 31.4 Å². The van der Waals surface area contributed by atoms with Gasteiger partial charge in [0.2, 0.25) is 5.91 Å². The molecule has 6 heteroatoms. The summed E-state index contributed by atoms with van der Waals surface area (Å²) in [6, 6.07) is 3.93. The van der Waals surface area contributed by atoms with Gasteiger partial charge in [-0.05, 0) is 31.4 Å². The molecular formula is C17H24N2O4. The van der Waals surface area contributed by atoms with Gasteiger partial charge >= 0.3 is 0 Å². The van der Waals surface area contributed by atoms with E-state index < -0.39 is 0 Å². The number of furan rings is 1. The smallest absolute Gasteiger partial charge is 0.248 e. The number of ether oxygens (including phenoxy) is 1. The molecule has 1 aromatic rings. The van der Waals surface area contributed by atoms with E-state index in [-0.39, 0.29) is 18.1 Å². The maximum absolute atomic E-state index is 12.2. The Morgan fingerprint density at radius 1 is 1.30 bits per heavy atom. The van der Waals surface area contributed by atoms with Gasteiger partial charge in [-0.3, -0.25) is 14.5 Å². The van der Waals surface area contributed by atoms with Crippen LogP contribution >= 0.6 is 0 Å². The van der Waals surface area contributed by atoms with Crippen LogP contribution < -0.4 is 0 Å². The number of hydrogen-bond acceptors (Lipinski definition) is 5. The molecule has 0 unspecified atom stereocenters. The zero-order valence-electron chi connectivity index (χ0n) is 13.4. The van der Waals surface area contributed by atoms with Gasteiger partial charge in [0.25, 0.3) is 0 Å². The fourth-order valence-electron chi connectivity index (χ4n) is 3.92. The highest BCUT2D eigenvalue weighted by atomic mass is 16.7. The molecule has 23 heavy (non-hydrogen) atoms. The number of likely N-dealkylation sites (tertiary alicyclic amines) is 1. The molecule has 4 rings (SSSR count). The first-order valence-electron chi connectivity index (χ1n) is 8.61. The highest BCUT2D eigenvalue weighted by Crippen LogP contribution is 2.35. The van der Waals surface area contributed by atoms with Gasteiger partial charge in [0.1, 0.15) is 5.76 Å². The summed E-state index contributed by atoms with van der Waals surface area (Å²) in [5.41, 5.74) is 0. The highest BCUT2D eigenvalue weighted by Gasteiger charge is 2.42. The van der Waals surface area contributed by atoms with Crippen molar-refractivity contribution in [2.24, 2.45) is 5.92 Å². The van der Waals surface area contributed by atoms with Gasteiger partial charge in [-0.1, -0.05) is 0 Å². The van der Waals surface area contributed by atoms with Crippen molar-refractivity contribution in [2.45, 2.75) is 44.4 Å². The minimum absolute atomic E-state index is 0.0498. The third-order valence-corrected chi connectivity index (χ3v) is 5.03. The largest absolute Gasteiger partial charge is 0.468 e. The fraction of sp³-hybridized carbons (Fsp3) is 0.706. The molecule has 0 radical (unpaired) electrons. The molecule has 3 aliphatic rings. The van der Waals surface area contributed by atoms with E-state index in [0.29, 0.717) is 18.9 Å².